The number of halogens is 1. The summed E-state index contributed by atoms with van der Waals surface area (Å²) < 4.78 is 5.57. The number of anilines is 1. The van der Waals surface area contributed by atoms with Crippen LogP contribution in [0.15, 0.2) is 59.0 Å². The number of carbonyl (C=O) groups excluding carboxylic acids is 1. The first-order chi connectivity index (χ1) is 13.0. The zero-order valence-electron chi connectivity index (χ0n) is 14.5. The highest BCUT2D eigenvalue weighted by atomic mass is 35.5. The van der Waals surface area contributed by atoms with E-state index in [4.69, 9.17) is 33.3 Å². The first-order valence-corrected chi connectivity index (χ1v) is 8.93. The minimum absolute atomic E-state index is 0.139. The van der Waals surface area contributed by atoms with Gasteiger partial charge in [-0.1, -0.05) is 11.6 Å². The zero-order valence-corrected chi connectivity index (χ0v) is 16.0. The van der Waals surface area contributed by atoms with Crippen LogP contribution in [0, 0.1) is 6.92 Å². The van der Waals surface area contributed by atoms with Gasteiger partial charge in [0.05, 0.1) is 0 Å². The van der Waals surface area contributed by atoms with E-state index < -0.39 is 0 Å². The first-order valence-electron chi connectivity index (χ1n) is 8.15. The zero-order chi connectivity index (χ0) is 19.4. The summed E-state index contributed by atoms with van der Waals surface area (Å²) in [4.78, 5) is 12.2. The molecule has 2 aromatic carbocycles. The third-order valence-corrected chi connectivity index (χ3v) is 4.36. The normalized spacial score (nSPS) is 10.5. The molecular formula is C20H17ClN2O3S. The summed E-state index contributed by atoms with van der Waals surface area (Å²) in [6, 6.07) is 15.7. The van der Waals surface area contributed by atoms with Crippen LogP contribution in [0.4, 0.5) is 5.69 Å². The Bertz CT molecular complexity index is 983. The van der Waals surface area contributed by atoms with Crippen LogP contribution in [-0.2, 0) is 6.61 Å². The number of furan rings is 1. The summed E-state index contributed by atoms with van der Waals surface area (Å²) in [5.41, 5.74) is 3.08. The molecule has 138 valence electrons. The van der Waals surface area contributed by atoms with Crippen LogP contribution in [0.3, 0.4) is 0 Å². The third-order valence-electron chi connectivity index (χ3n) is 3.90. The Morgan fingerprint density at radius 1 is 1.15 bits per heavy atom. The number of rotatable bonds is 4. The maximum atomic E-state index is 12.2. The molecule has 0 radical (unpaired) electrons. The standard InChI is InChI=1S/C20H17ClN2O3S/c1-12-10-15(6-8-17(12)18-9-7-16(11-24)26-18)22-20(27)23-19(25)13-2-4-14(21)5-3-13/h2-10,24H,11H2,1H3,(H2,22,23,25,27). The van der Waals surface area contributed by atoms with Crippen molar-refractivity contribution in [2.75, 3.05) is 5.32 Å². The van der Waals surface area contributed by atoms with Gasteiger partial charge in [0.2, 0.25) is 0 Å². The predicted octanol–water partition coefficient (Wildman–Crippen LogP) is 4.53. The third kappa shape index (κ3) is 4.74. The van der Waals surface area contributed by atoms with E-state index in [2.05, 4.69) is 10.6 Å². The van der Waals surface area contributed by atoms with Gasteiger partial charge >= 0.3 is 0 Å². The maximum Gasteiger partial charge on any atom is 0.257 e. The molecule has 0 aliphatic carbocycles. The van der Waals surface area contributed by atoms with Crippen molar-refractivity contribution in [3.05, 3.63) is 76.5 Å². The van der Waals surface area contributed by atoms with Crippen LogP contribution in [0.5, 0.6) is 0 Å². The van der Waals surface area contributed by atoms with E-state index in [0.717, 1.165) is 16.8 Å². The lowest BCUT2D eigenvalue weighted by molar-refractivity contribution is 0.0977. The molecule has 7 heteroatoms. The second-order valence-electron chi connectivity index (χ2n) is 5.87. The van der Waals surface area contributed by atoms with Gasteiger partial charge in [-0.25, -0.2) is 0 Å². The van der Waals surface area contributed by atoms with E-state index in [-0.39, 0.29) is 17.6 Å². The molecule has 1 amide bonds. The molecule has 1 aromatic heterocycles. The number of hydrogen-bond donors (Lipinski definition) is 3. The maximum absolute atomic E-state index is 12.2. The highest BCUT2D eigenvalue weighted by Crippen LogP contribution is 2.27. The number of thiocarbonyl (C=S) groups is 1. The number of aliphatic hydroxyl groups is 1. The minimum Gasteiger partial charge on any atom is -0.459 e. The average Bonchev–Trinajstić information content (AvgIpc) is 3.11. The van der Waals surface area contributed by atoms with Crippen LogP contribution >= 0.6 is 23.8 Å². The van der Waals surface area contributed by atoms with E-state index in [1.54, 1.807) is 30.3 Å². The quantitative estimate of drug-likeness (QED) is 0.561. The molecule has 0 bridgehead atoms. The number of benzene rings is 2. The lowest BCUT2D eigenvalue weighted by atomic mass is 10.1. The van der Waals surface area contributed by atoms with Crippen molar-refractivity contribution in [3.8, 4) is 11.3 Å². The molecule has 0 fully saturated rings. The molecule has 5 nitrogen and oxygen atoms in total. The molecule has 0 spiro atoms. The predicted molar refractivity (Wildman–Crippen MR) is 110 cm³/mol. The molecule has 0 aliphatic rings. The fourth-order valence-corrected chi connectivity index (χ4v) is 2.90. The molecule has 1 heterocycles. The number of carbonyl (C=O) groups is 1. The Morgan fingerprint density at radius 3 is 2.52 bits per heavy atom. The van der Waals surface area contributed by atoms with Crippen LogP contribution in [0.25, 0.3) is 11.3 Å². The van der Waals surface area contributed by atoms with Crippen LogP contribution in [-0.4, -0.2) is 16.1 Å². The van der Waals surface area contributed by atoms with Gasteiger partial charge in [-0.15, -0.1) is 0 Å². The number of nitrogens with one attached hydrogen (secondary N) is 2. The fraction of sp³-hybridized carbons (Fsp3) is 0.100. The van der Waals surface area contributed by atoms with E-state index in [1.165, 1.54) is 0 Å². The monoisotopic (exact) mass is 400 g/mol. The number of aryl methyl sites for hydroxylation is 1. The summed E-state index contributed by atoms with van der Waals surface area (Å²) in [5, 5.41) is 15.5. The van der Waals surface area contributed by atoms with Crippen molar-refractivity contribution in [3.63, 3.8) is 0 Å². The largest absolute Gasteiger partial charge is 0.459 e. The Labute approximate surface area is 167 Å². The lowest BCUT2D eigenvalue weighted by Gasteiger charge is -2.11. The SMILES string of the molecule is Cc1cc(NC(=S)NC(=O)c2ccc(Cl)cc2)ccc1-c1ccc(CO)o1. The molecule has 3 rings (SSSR count). The summed E-state index contributed by atoms with van der Waals surface area (Å²) in [7, 11) is 0. The Hall–Kier alpha value is -2.67. The van der Waals surface area contributed by atoms with Gasteiger partial charge in [0.25, 0.3) is 5.91 Å². The van der Waals surface area contributed by atoms with Gasteiger partial charge in [0.15, 0.2) is 5.11 Å². The first kappa shape index (κ1) is 19.1. The highest BCUT2D eigenvalue weighted by Gasteiger charge is 2.10. The van der Waals surface area contributed by atoms with Gasteiger partial charge in [0, 0.05) is 21.8 Å². The highest BCUT2D eigenvalue weighted by molar-refractivity contribution is 7.80. The van der Waals surface area contributed by atoms with Crippen molar-refractivity contribution >= 4 is 40.5 Å². The summed E-state index contributed by atoms with van der Waals surface area (Å²) in [6.45, 7) is 1.80. The van der Waals surface area contributed by atoms with Crippen molar-refractivity contribution in [1.82, 2.24) is 5.32 Å². The molecule has 3 aromatic rings. The van der Waals surface area contributed by atoms with Crippen molar-refractivity contribution in [2.45, 2.75) is 13.5 Å². The molecule has 0 saturated heterocycles. The Kier molecular flexibility index (Phi) is 5.91. The topological polar surface area (TPSA) is 74.5 Å². The fourth-order valence-electron chi connectivity index (χ4n) is 2.56. The smallest absolute Gasteiger partial charge is 0.257 e. The molecular weight excluding hydrogens is 384 g/mol. The molecule has 3 N–H and O–H groups in total. The van der Waals surface area contributed by atoms with Gasteiger partial charge in [0.1, 0.15) is 18.1 Å². The van der Waals surface area contributed by atoms with Gasteiger partial charge < -0.3 is 14.8 Å². The Morgan fingerprint density at radius 2 is 1.89 bits per heavy atom. The lowest BCUT2D eigenvalue weighted by Crippen LogP contribution is -2.34. The summed E-state index contributed by atoms with van der Waals surface area (Å²) in [6.07, 6.45) is 0. The van der Waals surface area contributed by atoms with E-state index >= 15 is 0 Å². The van der Waals surface area contributed by atoms with Crippen molar-refractivity contribution in [2.24, 2.45) is 0 Å². The number of aliphatic hydroxyl groups excluding tert-OH is 1. The van der Waals surface area contributed by atoms with Crippen LogP contribution in [0.2, 0.25) is 5.02 Å². The van der Waals surface area contributed by atoms with E-state index in [1.807, 2.05) is 31.2 Å². The number of amides is 1. The summed E-state index contributed by atoms with van der Waals surface area (Å²) >= 11 is 11.0. The van der Waals surface area contributed by atoms with E-state index in [9.17, 15) is 4.79 Å². The molecule has 27 heavy (non-hydrogen) atoms. The molecule has 0 unspecified atom stereocenters. The summed E-state index contributed by atoms with van der Waals surface area (Å²) in [5.74, 6) is 0.879. The average molecular weight is 401 g/mol. The number of hydrogen-bond acceptors (Lipinski definition) is 4. The van der Waals surface area contributed by atoms with Crippen molar-refractivity contribution in [1.29, 1.82) is 0 Å². The van der Waals surface area contributed by atoms with Gasteiger partial charge in [-0.05, 0) is 79.3 Å². The molecule has 0 saturated carbocycles. The van der Waals surface area contributed by atoms with Crippen LogP contribution in [0.1, 0.15) is 21.7 Å². The second kappa shape index (κ2) is 8.35. The molecule has 0 aliphatic heterocycles. The van der Waals surface area contributed by atoms with Gasteiger partial charge in [-0.3, -0.25) is 10.1 Å². The second-order valence-corrected chi connectivity index (χ2v) is 6.71. The minimum atomic E-state index is -0.315. The molecule has 0 atom stereocenters. The van der Waals surface area contributed by atoms with E-state index in [0.29, 0.717) is 22.1 Å². The van der Waals surface area contributed by atoms with Gasteiger partial charge in [-0.2, -0.15) is 0 Å². The van der Waals surface area contributed by atoms with Crippen LogP contribution < -0.4 is 10.6 Å². The Balaban J connectivity index is 1.66. The van der Waals surface area contributed by atoms with Crippen molar-refractivity contribution < 1.29 is 14.3 Å².